The second kappa shape index (κ2) is 8.35. The molecule has 0 aliphatic carbocycles. The van der Waals surface area contributed by atoms with Crippen LogP contribution in [0.5, 0.6) is 11.5 Å². The summed E-state index contributed by atoms with van der Waals surface area (Å²) in [7, 11) is -3.54. The monoisotopic (exact) mass is 404 g/mol. The fourth-order valence-corrected chi connectivity index (χ4v) is 3.59. The van der Waals surface area contributed by atoms with Crippen LogP contribution in [-0.4, -0.2) is 19.2 Å². The molecule has 28 heavy (non-hydrogen) atoms. The lowest BCUT2D eigenvalue weighted by molar-refractivity contribution is 0.437. The van der Waals surface area contributed by atoms with Crippen molar-refractivity contribution in [3.8, 4) is 11.5 Å². The summed E-state index contributed by atoms with van der Waals surface area (Å²) in [5, 5.41) is 0. The minimum Gasteiger partial charge on any atom is -0.454 e. The summed E-state index contributed by atoms with van der Waals surface area (Å²) in [6.45, 7) is 1.65. The summed E-state index contributed by atoms with van der Waals surface area (Å²) in [5.41, 5.74) is 1.03. The second-order valence-electron chi connectivity index (χ2n) is 5.90. The van der Waals surface area contributed by atoms with Gasteiger partial charge >= 0.3 is 0 Å². The Kier molecular flexibility index (Phi) is 5.89. The molecular weight excluding hydrogens is 386 g/mol. The quantitative estimate of drug-likeness (QED) is 0.581. The first-order valence-electron chi connectivity index (χ1n) is 8.52. The number of halogens is 2. The highest BCUT2D eigenvalue weighted by atomic mass is 32.2. The van der Waals surface area contributed by atoms with Crippen LogP contribution in [0, 0.1) is 11.6 Å². The van der Waals surface area contributed by atoms with Crippen molar-refractivity contribution in [3.05, 3.63) is 84.2 Å². The first-order chi connectivity index (χ1) is 13.4. The summed E-state index contributed by atoms with van der Waals surface area (Å²) in [4.78, 5) is 4.18. The van der Waals surface area contributed by atoms with Gasteiger partial charge in [-0.25, -0.2) is 17.2 Å². The predicted octanol–water partition coefficient (Wildman–Crippen LogP) is 4.51. The minimum atomic E-state index is -3.54. The number of hydrogen-bond donors (Lipinski definition) is 0. The zero-order chi connectivity index (χ0) is 20.1. The molecule has 8 heteroatoms. The van der Waals surface area contributed by atoms with E-state index >= 15 is 0 Å². The van der Waals surface area contributed by atoms with Crippen molar-refractivity contribution < 1.29 is 21.9 Å². The number of ether oxygens (including phenoxy) is 1. The molecular formula is C20H18F2N2O3S. The lowest BCUT2D eigenvalue weighted by Crippen LogP contribution is -2.32. The molecule has 0 atom stereocenters. The van der Waals surface area contributed by atoms with Gasteiger partial charge in [0, 0.05) is 12.3 Å². The van der Waals surface area contributed by atoms with Gasteiger partial charge in [-0.2, -0.15) is 0 Å². The first kappa shape index (κ1) is 19.8. The second-order valence-corrected chi connectivity index (χ2v) is 8.08. The number of anilines is 1. The zero-order valence-electron chi connectivity index (χ0n) is 15.0. The van der Waals surface area contributed by atoms with Gasteiger partial charge in [0.15, 0.2) is 11.6 Å². The number of hydrogen-bond acceptors (Lipinski definition) is 4. The maximum Gasteiger partial charge on any atom is 0.235 e. The third kappa shape index (κ3) is 4.64. The molecule has 1 aromatic heterocycles. The summed E-state index contributed by atoms with van der Waals surface area (Å²) in [5.74, 6) is -1.43. The Balaban J connectivity index is 1.85. The number of sulfonamides is 1. The van der Waals surface area contributed by atoms with E-state index in [2.05, 4.69) is 4.98 Å². The van der Waals surface area contributed by atoms with Crippen LogP contribution in [0.15, 0.2) is 66.9 Å². The van der Waals surface area contributed by atoms with Gasteiger partial charge < -0.3 is 4.74 Å². The Morgan fingerprint density at radius 2 is 1.79 bits per heavy atom. The highest BCUT2D eigenvalue weighted by Crippen LogP contribution is 2.28. The molecule has 0 bridgehead atoms. The smallest absolute Gasteiger partial charge is 0.235 e. The molecule has 3 aromatic rings. The Bertz CT molecular complexity index is 1040. The molecule has 3 rings (SSSR count). The average Bonchev–Trinajstić information content (AvgIpc) is 2.70. The van der Waals surface area contributed by atoms with Crippen LogP contribution < -0.4 is 9.04 Å². The lowest BCUT2D eigenvalue weighted by Gasteiger charge is -2.23. The number of aromatic nitrogens is 1. The minimum absolute atomic E-state index is 0.0706. The van der Waals surface area contributed by atoms with Crippen molar-refractivity contribution in [2.75, 3.05) is 10.1 Å². The van der Waals surface area contributed by atoms with Crippen LogP contribution >= 0.6 is 0 Å². The molecule has 0 spiro atoms. The Labute approximate surface area is 162 Å². The van der Waals surface area contributed by atoms with Gasteiger partial charge in [0.2, 0.25) is 10.0 Å². The lowest BCUT2D eigenvalue weighted by atomic mass is 10.2. The van der Waals surface area contributed by atoms with Crippen LogP contribution in [0.25, 0.3) is 0 Å². The van der Waals surface area contributed by atoms with E-state index in [0.717, 1.165) is 12.1 Å². The standard InChI is InChI=1S/C20H18F2N2O3S/c1-2-28(25,26)24(14-16-5-3-4-12-23-16)17-7-9-18(10-8-17)27-20-11-6-15(21)13-19(20)22/h3-13H,2,14H2,1H3. The molecule has 1 heterocycles. The Morgan fingerprint density at radius 1 is 1.04 bits per heavy atom. The van der Waals surface area contributed by atoms with Crippen LogP contribution in [0.4, 0.5) is 14.5 Å². The maximum atomic E-state index is 13.7. The molecule has 0 unspecified atom stereocenters. The first-order valence-corrected chi connectivity index (χ1v) is 10.1. The van der Waals surface area contributed by atoms with E-state index in [4.69, 9.17) is 4.74 Å². The largest absolute Gasteiger partial charge is 0.454 e. The number of pyridine rings is 1. The van der Waals surface area contributed by atoms with E-state index in [0.29, 0.717) is 17.1 Å². The van der Waals surface area contributed by atoms with Gasteiger partial charge in [0.1, 0.15) is 11.6 Å². The average molecular weight is 404 g/mol. The fraction of sp³-hybridized carbons (Fsp3) is 0.150. The Morgan fingerprint density at radius 3 is 2.39 bits per heavy atom. The van der Waals surface area contributed by atoms with Crippen molar-refractivity contribution >= 4 is 15.7 Å². The van der Waals surface area contributed by atoms with Crippen LogP contribution in [0.2, 0.25) is 0 Å². The number of nitrogens with zero attached hydrogens (tertiary/aromatic N) is 2. The van der Waals surface area contributed by atoms with E-state index in [1.54, 1.807) is 43.5 Å². The molecule has 0 N–H and O–H groups in total. The van der Waals surface area contributed by atoms with Crippen LogP contribution in [0.3, 0.4) is 0 Å². The third-order valence-corrected chi connectivity index (χ3v) is 5.72. The molecule has 0 fully saturated rings. The topological polar surface area (TPSA) is 59.5 Å². The van der Waals surface area contributed by atoms with Crippen LogP contribution in [0.1, 0.15) is 12.6 Å². The normalized spacial score (nSPS) is 11.2. The van der Waals surface area contributed by atoms with Crippen molar-refractivity contribution in [2.45, 2.75) is 13.5 Å². The number of benzene rings is 2. The summed E-state index contributed by atoms with van der Waals surface area (Å²) in [6.07, 6.45) is 1.60. The van der Waals surface area contributed by atoms with E-state index in [9.17, 15) is 17.2 Å². The molecule has 0 saturated heterocycles. The zero-order valence-corrected chi connectivity index (χ0v) is 15.9. The van der Waals surface area contributed by atoms with Gasteiger partial charge in [-0.3, -0.25) is 9.29 Å². The van der Waals surface area contributed by atoms with Gasteiger partial charge in [-0.05, 0) is 55.5 Å². The molecule has 0 aliphatic heterocycles. The van der Waals surface area contributed by atoms with Crippen molar-refractivity contribution in [3.63, 3.8) is 0 Å². The molecule has 5 nitrogen and oxygen atoms in total. The van der Waals surface area contributed by atoms with E-state index in [1.165, 1.54) is 22.5 Å². The molecule has 146 valence electrons. The van der Waals surface area contributed by atoms with Gasteiger partial charge in [-0.15, -0.1) is 0 Å². The fourth-order valence-electron chi connectivity index (χ4n) is 2.51. The van der Waals surface area contributed by atoms with E-state index in [-0.39, 0.29) is 18.0 Å². The molecule has 0 saturated carbocycles. The van der Waals surface area contributed by atoms with Crippen molar-refractivity contribution in [1.29, 1.82) is 0 Å². The van der Waals surface area contributed by atoms with Crippen molar-refractivity contribution in [2.24, 2.45) is 0 Å². The highest BCUT2D eigenvalue weighted by Gasteiger charge is 2.21. The van der Waals surface area contributed by atoms with Gasteiger partial charge in [-0.1, -0.05) is 6.07 Å². The summed E-state index contributed by atoms with van der Waals surface area (Å²) >= 11 is 0. The molecule has 0 amide bonds. The van der Waals surface area contributed by atoms with Gasteiger partial charge in [0.05, 0.1) is 23.7 Å². The van der Waals surface area contributed by atoms with Gasteiger partial charge in [0.25, 0.3) is 0 Å². The van der Waals surface area contributed by atoms with E-state index in [1.807, 2.05) is 0 Å². The van der Waals surface area contributed by atoms with Crippen molar-refractivity contribution in [1.82, 2.24) is 4.98 Å². The molecule has 0 aliphatic rings. The third-order valence-electron chi connectivity index (χ3n) is 3.98. The summed E-state index contributed by atoms with van der Waals surface area (Å²) < 4.78 is 58.5. The number of rotatable bonds is 7. The van der Waals surface area contributed by atoms with Crippen LogP contribution in [-0.2, 0) is 16.6 Å². The maximum absolute atomic E-state index is 13.7. The SMILES string of the molecule is CCS(=O)(=O)N(Cc1ccccn1)c1ccc(Oc2ccc(F)cc2F)cc1. The predicted molar refractivity (Wildman–Crippen MR) is 103 cm³/mol. The highest BCUT2D eigenvalue weighted by molar-refractivity contribution is 7.92. The molecule has 0 radical (unpaired) electrons. The molecule has 2 aromatic carbocycles. The Hall–Kier alpha value is -3.00. The summed E-state index contributed by atoms with van der Waals surface area (Å²) in [6, 6.07) is 14.5. The van der Waals surface area contributed by atoms with E-state index < -0.39 is 21.7 Å².